The quantitative estimate of drug-likeness (QED) is 0.901. The summed E-state index contributed by atoms with van der Waals surface area (Å²) in [6.07, 6.45) is 4.15. The lowest BCUT2D eigenvalue weighted by molar-refractivity contribution is -0.123. The van der Waals surface area contributed by atoms with Crippen LogP contribution in [0.15, 0.2) is 18.2 Å². The van der Waals surface area contributed by atoms with E-state index in [0.29, 0.717) is 13.1 Å². The van der Waals surface area contributed by atoms with E-state index in [4.69, 9.17) is 10.5 Å². The van der Waals surface area contributed by atoms with Crippen LogP contribution in [0.3, 0.4) is 0 Å². The highest BCUT2D eigenvalue weighted by Crippen LogP contribution is 2.53. The van der Waals surface area contributed by atoms with Crippen LogP contribution < -0.4 is 15.4 Å². The number of nitrogens with zero attached hydrogens (tertiary/aromatic N) is 1. The Morgan fingerprint density at radius 2 is 2.11 bits per heavy atom. The molecule has 0 bridgehead atoms. The third-order valence-electron chi connectivity index (χ3n) is 4.47. The molecule has 1 aliphatic heterocycles. The van der Waals surface area contributed by atoms with Gasteiger partial charge in [-0.3, -0.25) is 4.79 Å². The molecule has 0 radical (unpaired) electrons. The van der Waals surface area contributed by atoms with Crippen molar-refractivity contribution < 1.29 is 9.53 Å². The fourth-order valence-corrected chi connectivity index (χ4v) is 3.63. The smallest absolute Gasteiger partial charge is 0.237 e. The zero-order valence-electron chi connectivity index (χ0n) is 11.3. The summed E-state index contributed by atoms with van der Waals surface area (Å²) in [4.78, 5) is 14.7. The Bertz CT molecular complexity index is 507. The van der Waals surface area contributed by atoms with Crippen LogP contribution in [-0.2, 0) is 10.2 Å². The molecule has 0 saturated heterocycles. The molecule has 19 heavy (non-hydrogen) atoms. The second-order valence-electron chi connectivity index (χ2n) is 5.39. The highest BCUT2D eigenvalue weighted by atomic mass is 16.5. The topological polar surface area (TPSA) is 55.6 Å². The number of ether oxygens (including phenoxy) is 1. The first kappa shape index (κ1) is 12.5. The number of fused-ring (bicyclic) bond motifs is 2. The number of hydrogen-bond acceptors (Lipinski definition) is 3. The molecule has 102 valence electrons. The van der Waals surface area contributed by atoms with Crippen molar-refractivity contribution in [3.63, 3.8) is 0 Å². The third kappa shape index (κ3) is 1.59. The van der Waals surface area contributed by atoms with Gasteiger partial charge in [0.2, 0.25) is 5.91 Å². The van der Waals surface area contributed by atoms with Crippen molar-refractivity contribution in [2.24, 2.45) is 5.73 Å². The Kier molecular flexibility index (Phi) is 2.97. The van der Waals surface area contributed by atoms with E-state index in [0.717, 1.165) is 42.7 Å². The van der Waals surface area contributed by atoms with E-state index >= 15 is 0 Å². The first-order valence-electron chi connectivity index (χ1n) is 6.94. The molecule has 2 N–H and O–H groups in total. The number of methoxy groups -OCH3 is 1. The fourth-order valence-electron chi connectivity index (χ4n) is 3.63. The monoisotopic (exact) mass is 260 g/mol. The number of rotatable bonds is 3. The van der Waals surface area contributed by atoms with Gasteiger partial charge in [-0.15, -0.1) is 0 Å². The van der Waals surface area contributed by atoms with Gasteiger partial charge in [0.05, 0.1) is 18.2 Å². The van der Waals surface area contributed by atoms with Crippen LogP contribution in [0.4, 0.5) is 5.69 Å². The molecule has 4 nitrogen and oxygen atoms in total. The molecule has 1 heterocycles. The summed E-state index contributed by atoms with van der Waals surface area (Å²) in [5.41, 5.74) is 7.45. The van der Waals surface area contributed by atoms with E-state index in [-0.39, 0.29) is 11.3 Å². The highest BCUT2D eigenvalue weighted by Gasteiger charge is 2.52. The van der Waals surface area contributed by atoms with E-state index in [1.54, 1.807) is 7.11 Å². The lowest BCUT2D eigenvalue weighted by Gasteiger charge is -2.23. The van der Waals surface area contributed by atoms with Gasteiger partial charge < -0.3 is 15.4 Å². The zero-order chi connectivity index (χ0) is 13.5. The average Bonchev–Trinajstić information content (AvgIpc) is 3.01. The molecule has 2 aliphatic rings. The Balaban J connectivity index is 2.18. The number of benzene rings is 1. The van der Waals surface area contributed by atoms with Gasteiger partial charge >= 0.3 is 0 Å². The lowest BCUT2D eigenvalue weighted by atomic mass is 9.80. The molecule has 1 saturated carbocycles. The lowest BCUT2D eigenvalue weighted by Crippen LogP contribution is -2.40. The van der Waals surface area contributed by atoms with Crippen molar-refractivity contribution in [3.8, 4) is 5.75 Å². The second-order valence-corrected chi connectivity index (χ2v) is 5.39. The van der Waals surface area contributed by atoms with Crippen molar-refractivity contribution in [2.45, 2.75) is 31.1 Å². The van der Waals surface area contributed by atoms with Crippen LogP contribution in [0, 0.1) is 0 Å². The summed E-state index contributed by atoms with van der Waals surface area (Å²) in [5, 5.41) is 0. The molecule has 0 atom stereocenters. The van der Waals surface area contributed by atoms with Gasteiger partial charge in [-0.05, 0) is 24.5 Å². The summed E-state index contributed by atoms with van der Waals surface area (Å²) in [7, 11) is 1.65. The van der Waals surface area contributed by atoms with Crippen molar-refractivity contribution in [1.29, 1.82) is 0 Å². The number of hydrogen-bond donors (Lipinski definition) is 1. The Hall–Kier alpha value is -1.55. The summed E-state index contributed by atoms with van der Waals surface area (Å²) in [6, 6.07) is 5.98. The molecule has 1 aromatic carbocycles. The van der Waals surface area contributed by atoms with Gasteiger partial charge in [0, 0.05) is 13.1 Å². The molecule has 1 fully saturated rings. The van der Waals surface area contributed by atoms with Crippen LogP contribution >= 0.6 is 0 Å². The highest BCUT2D eigenvalue weighted by molar-refractivity contribution is 6.09. The second kappa shape index (κ2) is 4.53. The summed E-state index contributed by atoms with van der Waals surface area (Å²) in [6.45, 7) is 1.03. The maximum Gasteiger partial charge on any atom is 0.237 e. The molecule has 0 unspecified atom stereocenters. The minimum Gasteiger partial charge on any atom is -0.495 e. The maximum atomic E-state index is 12.9. The minimum absolute atomic E-state index is 0.218. The summed E-state index contributed by atoms with van der Waals surface area (Å²) < 4.78 is 5.45. The standard InChI is InChI=1S/C15H20N2O2/c1-19-12-6-4-5-11-13(12)17(10-9-16)14(18)15(11)7-2-3-8-15/h4-6H,2-3,7-10,16H2,1H3. The van der Waals surface area contributed by atoms with E-state index in [9.17, 15) is 4.79 Å². The van der Waals surface area contributed by atoms with Crippen LogP contribution in [0.2, 0.25) is 0 Å². The van der Waals surface area contributed by atoms with E-state index < -0.39 is 0 Å². The Labute approximate surface area is 113 Å². The molecule has 1 aromatic rings. The number of anilines is 1. The minimum atomic E-state index is -0.307. The zero-order valence-corrected chi connectivity index (χ0v) is 11.3. The fraction of sp³-hybridized carbons (Fsp3) is 0.533. The van der Waals surface area contributed by atoms with E-state index in [2.05, 4.69) is 6.07 Å². The first-order chi connectivity index (χ1) is 9.24. The molecule has 1 aliphatic carbocycles. The Morgan fingerprint density at radius 3 is 2.74 bits per heavy atom. The molecule has 4 heteroatoms. The van der Waals surface area contributed by atoms with Gasteiger partial charge in [0.25, 0.3) is 0 Å². The molecule has 3 rings (SSSR count). The van der Waals surface area contributed by atoms with Gasteiger partial charge in [-0.25, -0.2) is 0 Å². The van der Waals surface area contributed by atoms with Gasteiger partial charge in [-0.1, -0.05) is 25.0 Å². The predicted molar refractivity (Wildman–Crippen MR) is 74.5 cm³/mol. The average molecular weight is 260 g/mol. The van der Waals surface area contributed by atoms with Crippen molar-refractivity contribution in [3.05, 3.63) is 23.8 Å². The number of carbonyl (C=O) groups excluding carboxylic acids is 1. The van der Waals surface area contributed by atoms with Gasteiger partial charge in [0.1, 0.15) is 5.75 Å². The normalized spacial score (nSPS) is 20.1. The van der Waals surface area contributed by atoms with Crippen LogP contribution in [-0.4, -0.2) is 26.1 Å². The Morgan fingerprint density at radius 1 is 1.37 bits per heavy atom. The molecule has 1 spiro atoms. The van der Waals surface area contributed by atoms with Crippen LogP contribution in [0.1, 0.15) is 31.2 Å². The summed E-state index contributed by atoms with van der Waals surface area (Å²) >= 11 is 0. The van der Waals surface area contributed by atoms with Gasteiger partial charge in [-0.2, -0.15) is 0 Å². The van der Waals surface area contributed by atoms with Crippen LogP contribution in [0.5, 0.6) is 5.75 Å². The molecule has 0 aromatic heterocycles. The molecular formula is C15H20N2O2. The molecular weight excluding hydrogens is 240 g/mol. The first-order valence-corrected chi connectivity index (χ1v) is 6.94. The van der Waals surface area contributed by atoms with Crippen molar-refractivity contribution in [1.82, 2.24) is 0 Å². The van der Waals surface area contributed by atoms with E-state index in [1.165, 1.54) is 0 Å². The number of para-hydroxylation sites is 1. The SMILES string of the molecule is COc1cccc2c1N(CCN)C(=O)C21CCCC1. The maximum absolute atomic E-state index is 12.9. The van der Waals surface area contributed by atoms with Gasteiger partial charge in [0.15, 0.2) is 0 Å². The third-order valence-corrected chi connectivity index (χ3v) is 4.47. The van der Waals surface area contributed by atoms with E-state index in [1.807, 2.05) is 17.0 Å². The number of amides is 1. The van der Waals surface area contributed by atoms with Crippen molar-refractivity contribution >= 4 is 11.6 Å². The largest absolute Gasteiger partial charge is 0.495 e. The summed E-state index contributed by atoms with van der Waals surface area (Å²) in [5.74, 6) is 0.998. The molecule has 1 amide bonds. The van der Waals surface area contributed by atoms with Crippen LogP contribution in [0.25, 0.3) is 0 Å². The van der Waals surface area contributed by atoms with Crippen molar-refractivity contribution in [2.75, 3.05) is 25.1 Å². The number of nitrogens with two attached hydrogens (primary N) is 1. The number of carbonyl (C=O) groups is 1. The predicted octanol–water partition coefficient (Wildman–Crippen LogP) is 1.81.